The van der Waals surface area contributed by atoms with Crippen LogP contribution in [-0.4, -0.2) is 56.8 Å². The first-order valence-corrected chi connectivity index (χ1v) is 9.39. The predicted molar refractivity (Wildman–Crippen MR) is 91.1 cm³/mol. The van der Waals surface area contributed by atoms with Crippen molar-refractivity contribution < 1.29 is 14.7 Å². The number of carbonyl (C=O) groups is 2. The van der Waals surface area contributed by atoms with Gasteiger partial charge in [-0.05, 0) is 51.5 Å². The molecule has 1 aromatic heterocycles. The first-order chi connectivity index (χ1) is 12.0. The van der Waals surface area contributed by atoms with Crippen LogP contribution in [0.4, 0.5) is 0 Å². The van der Waals surface area contributed by atoms with E-state index < -0.39 is 6.10 Å². The summed E-state index contributed by atoms with van der Waals surface area (Å²) in [6.07, 6.45) is 4.93. The fraction of sp³-hybridized carbons (Fsp3) is 0.722. The zero-order chi connectivity index (χ0) is 17.6. The topological polar surface area (TPSA) is 87.5 Å². The number of fused-ring (bicyclic) bond motifs is 1. The van der Waals surface area contributed by atoms with E-state index in [4.69, 9.17) is 0 Å². The maximum Gasteiger partial charge on any atom is 0.274 e. The number of nitrogens with zero attached hydrogens (tertiary/aromatic N) is 3. The Labute approximate surface area is 147 Å². The fourth-order valence-electron chi connectivity index (χ4n) is 3.90. The van der Waals surface area contributed by atoms with Gasteiger partial charge in [-0.1, -0.05) is 0 Å². The smallest absolute Gasteiger partial charge is 0.274 e. The van der Waals surface area contributed by atoms with Gasteiger partial charge in [0.2, 0.25) is 5.91 Å². The molecular formula is C18H26N4O3. The summed E-state index contributed by atoms with van der Waals surface area (Å²) in [7, 11) is 0. The minimum absolute atomic E-state index is 0.0413. The second-order valence-electron chi connectivity index (χ2n) is 7.70. The van der Waals surface area contributed by atoms with Crippen molar-refractivity contribution >= 4 is 11.8 Å². The monoisotopic (exact) mass is 346 g/mol. The van der Waals surface area contributed by atoms with E-state index in [1.165, 1.54) is 0 Å². The molecule has 1 saturated heterocycles. The van der Waals surface area contributed by atoms with E-state index in [9.17, 15) is 14.7 Å². The number of aromatic nitrogens is 2. The highest BCUT2D eigenvalue weighted by molar-refractivity contribution is 5.92. The number of hydrogen-bond acceptors (Lipinski definition) is 4. The minimum Gasteiger partial charge on any atom is -0.389 e. The van der Waals surface area contributed by atoms with Gasteiger partial charge in [0.25, 0.3) is 5.91 Å². The molecule has 7 nitrogen and oxygen atoms in total. The van der Waals surface area contributed by atoms with Gasteiger partial charge in [0.1, 0.15) is 0 Å². The van der Waals surface area contributed by atoms with E-state index in [1.807, 2.05) is 10.7 Å². The van der Waals surface area contributed by atoms with E-state index >= 15 is 0 Å². The van der Waals surface area contributed by atoms with Gasteiger partial charge in [-0.25, -0.2) is 0 Å². The minimum atomic E-state index is -0.725. The number of β-amino-alcohol motifs (C(OH)–C–C–N with tert-alkyl or cyclic N) is 1. The molecule has 2 fully saturated rings. The number of rotatable bonds is 3. The summed E-state index contributed by atoms with van der Waals surface area (Å²) in [5.74, 6) is 0.0467. The Kier molecular flexibility index (Phi) is 4.27. The Balaban J connectivity index is 1.39. The third-order valence-electron chi connectivity index (χ3n) is 5.65. The first kappa shape index (κ1) is 16.6. The Hall–Kier alpha value is -1.89. The highest BCUT2D eigenvalue weighted by atomic mass is 16.3. The Morgan fingerprint density at radius 1 is 1.28 bits per heavy atom. The van der Waals surface area contributed by atoms with Crippen LogP contribution in [0.2, 0.25) is 0 Å². The van der Waals surface area contributed by atoms with Gasteiger partial charge in [0, 0.05) is 30.7 Å². The average Bonchev–Trinajstić information content (AvgIpc) is 3.35. The van der Waals surface area contributed by atoms with Crippen LogP contribution in [0.3, 0.4) is 0 Å². The average molecular weight is 346 g/mol. The van der Waals surface area contributed by atoms with Crippen LogP contribution in [0.25, 0.3) is 0 Å². The Bertz CT molecular complexity index is 682. The molecule has 0 bridgehead atoms. The van der Waals surface area contributed by atoms with Crippen molar-refractivity contribution in [3.05, 3.63) is 17.5 Å². The quantitative estimate of drug-likeness (QED) is 0.851. The molecule has 7 heteroatoms. The molecule has 1 aromatic rings. The first-order valence-electron chi connectivity index (χ1n) is 9.39. The molecular weight excluding hydrogens is 320 g/mol. The van der Waals surface area contributed by atoms with E-state index in [-0.39, 0.29) is 30.3 Å². The Morgan fingerprint density at radius 3 is 2.76 bits per heavy atom. The summed E-state index contributed by atoms with van der Waals surface area (Å²) in [6, 6.07) is 1.97. The van der Waals surface area contributed by atoms with Crippen LogP contribution in [0, 0.1) is 5.92 Å². The highest BCUT2D eigenvalue weighted by Gasteiger charge is 2.36. The van der Waals surface area contributed by atoms with E-state index in [2.05, 4.69) is 17.3 Å². The summed E-state index contributed by atoms with van der Waals surface area (Å²) in [4.78, 5) is 26.3. The van der Waals surface area contributed by atoms with E-state index in [0.29, 0.717) is 24.7 Å². The molecule has 0 radical (unpaired) electrons. The number of piperidine rings is 1. The molecule has 0 aromatic carbocycles. The zero-order valence-corrected chi connectivity index (χ0v) is 14.6. The molecule has 2 N–H and O–H groups in total. The van der Waals surface area contributed by atoms with Crippen molar-refractivity contribution in [3.8, 4) is 0 Å². The number of aliphatic hydroxyl groups excluding tert-OH is 1. The maximum absolute atomic E-state index is 12.8. The van der Waals surface area contributed by atoms with Crippen molar-refractivity contribution in [2.45, 2.75) is 63.6 Å². The standard InChI is InChI=1S/C18H26N4O3/c1-11-3-2-4-13-9-15(20-22(11)13)18(25)21-8-7-14(16(23)10-21)19-17(24)12-5-6-12/h9,11-12,14,16,23H,2-8,10H2,1H3,(H,19,24). The molecule has 2 amide bonds. The SMILES string of the molecule is CC1CCCc2cc(C(=O)N3CCC(NC(=O)C4CC4)C(O)C3)nn21. The van der Waals surface area contributed by atoms with Crippen LogP contribution in [0.5, 0.6) is 0 Å². The molecule has 3 unspecified atom stereocenters. The van der Waals surface area contributed by atoms with E-state index in [0.717, 1.165) is 37.8 Å². The lowest BCUT2D eigenvalue weighted by molar-refractivity contribution is -0.124. The normalized spacial score (nSPS) is 29.2. The van der Waals surface area contributed by atoms with Gasteiger partial charge in [-0.3, -0.25) is 14.3 Å². The third kappa shape index (κ3) is 3.29. The summed E-state index contributed by atoms with van der Waals surface area (Å²) in [5, 5.41) is 17.8. The second kappa shape index (κ2) is 6.44. The molecule has 4 rings (SSSR count). The lowest BCUT2D eigenvalue weighted by atomic mass is 10.0. The van der Waals surface area contributed by atoms with Gasteiger partial charge in [-0.15, -0.1) is 0 Å². The number of aryl methyl sites for hydroxylation is 1. The predicted octanol–water partition coefficient (Wildman–Crippen LogP) is 0.882. The Morgan fingerprint density at radius 2 is 2.08 bits per heavy atom. The second-order valence-corrected chi connectivity index (χ2v) is 7.70. The van der Waals surface area contributed by atoms with Crippen molar-refractivity contribution in [1.29, 1.82) is 0 Å². The highest BCUT2D eigenvalue weighted by Crippen LogP contribution is 2.29. The van der Waals surface area contributed by atoms with Gasteiger partial charge >= 0.3 is 0 Å². The molecule has 3 atom stereocenters. The summed E-state index contributed by atoms with van der Waals surface area (Å²) in [6.45, 7) is 2.90. The molecule has 1 saturated carbocycles. The number of amides is 2. The number of carbonyl (C=O) groups excluding carboxylic acids is 2. The summed E-state index contributed by atoms with van der Waals surface area (Å²) in [5.41, 5.74) is 1.59. The van der Waals surface area contributed by atoms with Crippen LogP contribution in [-0.2, 0) is 11.2 Å². The number of hydrogen-bond donors (Lipinski definition) is 2. The molecule has 136 valence electrons. The van der Waals surface area contributed by atoms with Crippen molar-refractivity contribution in [2.24, 2.45) is 5.92 Å². The number of nitrogens with one attached hydrogen (secondary N) is 1. The van der Waals surface area contributed by atoms with Gasteiger partial charge < -0.3 is 15.3 Å². The summed E-state index contributed by atoms with van der Waals surface area (Å²) >= 11 is 0. The molecule has 3 aliphatic rings. The lowest BCUT2D eigenvalue weighted by Crippen LogP contribution is -2.55. The largest absolute Gasteiger partial charge is 0.389 e. The lowest BCUT2D eigenvalue weighted by Gasteiger charge is -2.36. The van der Waals surface area contributed by atoms with Gasteiger partial charge in [0.15, 0.2) is 5.69 Å². The van der Waals surface area contributed by atoms with Crippen molar-refractivity contribution in [2.75, 3.05) is 13.1 Å². The molecule has 0 spiro atoms. The zero-order valence-electron chi connectivity index (χ0n) is 14.6. The molecule has 3 heterocycles. The van der Waals surface area contributed by atoms with Crippen LogP contribution in [0.1, 0.15) is 61.3 Å². The van der Waals surface area contributed by atoms with Gasteiger partial charge in [-0.2, -0.15) is 5.10 Å². The fourth-order valence-corrected chi connectivity index (χ4v) is 3.90. The van der Waals surface area contributed by atoms with Crippen LogP contribution < -0.4 is 5.32 Å². The molecule has 25 heavy (non-hydrogen) atoms. The number of aliphatic hydroxyl groups is 1. The summed E-state index contributed by atoms with van der Waals surface area (Å²) < 4.78 is 1.97. The van der Waals surface area contributed by atoms with E-state index in [1.54, 1.807) is 4.90 Å². The maximum atomic E-state index is 12.8. The van der Waals surface area contributed by atoms with Crippen LogP contribution in [0.15, 0.2) is 6.07 Å². The molecule has 2 aliphatic heterocycles. The third-order valence-corrected chi connectivity index (χ3v) is 5.65. The van der Waals surface area contributed by atoms with Gasteiger partial charge in [0.05, 0.1) is 12.1 Å². The molecule has 1 aliphatic carbocycles. The van der Waals surface area contributed by atoms with Crippen molar-refractivity contribution in [1.82, 2.24) is 20.0 Å². The van der Waals surface area contributed by atoms with Crippen molar-refractivity contribution in [3.63, 3.8) is 0 Å². The number of likely N-dealkylation sites (tertiary alicyclic amines) is 1. The van der Waals surface area contributed by atoms with Crippen LogP contribution >= 0.6 is 0 Å².